The van der Waals surface area contributed by atoms with E-state index in [0.717, 1.165) is 49.5 Å². The predicted molar refractivity (Wildman–Crippen MR) is 126 cm³/mol. The summed E-state index contributed by atoms with van der Waals surface area (Å²) in [6.07, 6.45) is 4.25. The molecule has 5 nitrogen and oxygen atoms in total. The molecule has 0 saturated carbocycles. The molecule has 32 heavy (non-hydrogen) atoms. The van der Waals surface area contributed by atoms with Gasteiger partial charge in [0.2, 0.25) is 0 Å². The molecule has 0 aliphatic carbocycles. The highest BCUT2D eigenvalue weighted by molar-refractivity contribution is 6.04. The van der Waals surface area contributed by atoms with Crippen LogP contribution in [0.4, 0.5) is 5.69 Å². The lowest BCUT2D eigenvalue weighted by Gasteiger charge is -2.12. The molecule has 166 valence electrons. The summed E-state index contributed by atoms with van der Waals surface area (Å²) in [5.74, 6) is 1.38. The molecule has 1 atom stereocenters. The second-order valence-corrected chi connectivity index (χ2v) is 7.89. The van der Waals surface area contributed by atoms with Gasteiger partial charge in [0, 0.05) is 17.9 Å². The third kappa shape index (κ3) is 6.59. The summed E-state index contributed by atoms with van der Waals surface area (Å²) in [5.41, 5.74) is 2.62. The van der Waals surface area contributed by atoms with Gasteiger partial charge in [-0.1, -0.05) is 30.3 Å². The van der Waals surface area contributed by atoms with E-state index in [2.05, 4.69) is 29.6 Å². The largest absolute Gasteiger partial charge is 0.494 e. The van der Waals surface area contributed by atoms with Gasteiger partial charge in [0.1, 0.15) is 18.1 Å². The summed E-state index contributed by atoms with van der Waals surface area (Å²) in [4.78, 5) is 12.5. The zero-order valence-corrected chi connectivity index (χ0v) is 18.2. The standard InChI is InChI=1S/C27H29NO4/c29-27(22-10-14-25(15-11-22)32-20-26-9-5-19-31-26)28-23-12-16-24(17-13-23)30-18-4-8-21-6-2-1-3-7-21/h1-3,6-7,10-17,26H,4-5,8-9,18-20H2,(H,28,29). The Kier molecular flexibility index (Phi) is 7.77. The molecule has 0 aromatic heterocycles. The summed E-state index contributed by atoms with van der Waals surface area (Å²) in [5, 5.41) is 2.92. The fraction of sp³-hybridized carbons (Fsp3) is 0.296. The number of carbonyl (C=O) groups is 1. The number of anilines is 1. The molecule has 0 radical (unpaired) electrons. The van der Waals surface area contributed by atoms with Gasteiger partial charge in [0.15, 0.2) is 0 Å². The zero-order valence-electron chi connectivity index (χ0n) is 18.2. The number of carbonyl (C=O) groups excluding carboxylic acids is 1. The van der Waals surface area contributed by atoms with E-state index < -0.39 is 0 Å². The summed E-state index contributed by atoms with van der Waals surface area (Å²) in [6.45, 7) is 2.02. The molecule has 0 spiro atoms. The van der Waals surface area contributed by atoms with E-state index in [1.54, 1.807) is 12.1 Å². The number of rotatable bonds is 10. The molecule has 3 aromatic carbocycles. The van der Waals surface area contributed by atoms with Crippen LogP contribution in [0.3, 0.4) is 0 Å². The maximum Gasteiger partial charge on any atom is 0.255 e. The molecule has 3 aromatic rings. The van der Waals surface area contributed by atoms with Crippen LogP contribution in [0.1, 0.15) is 35.2 Å². The first kappa shape index (κ1) is 21.9. The minimum Gasteiger partial charge on any atom is -0.494 e. The molecule has 4 rings (SSSR count). The minimum atomic E-state index is -0.160. The van der Waals surface area contributed by atoms with Gasteiger partial charge in [-0.2, -0.15) is 0 Å². The van der Waals surface area contributed by atoms with Crippen molar-refractivity contribution < 1.29 is 19.0 Å². The molecular weight excluding hydrogens is 402 g/mol. The number of benzene rings is 3. The van der Waals surface area contributed by atoms with Crippen molar-refractivity contribution in [2.75, 3.05) is 25.1 Å². The lowest BCUT2D eigenvalue weighted by atomic mass is 10.1. The average Bonchev–Trinajstić information content (AvgIpc) is 3.36. The van der Waals surface area contributed by atoms with Gasteiger partial charge in [-0.3, -0.25) is 4.79 Å². The Morgan fingerprint density at radius 3 is 2.34 bits per heavy atom. The first-order valence-electron chi connectivity index (χ1n) is 11.2. The molecule has 0 bridgehead atoms. The Morgan fingerprint density at radius 1 is 0.906 bits per heavy atom. The fourth-order valence-electron chi connectivity index (χ4n) is 3.62. The Morgan fingerprint density at radius 2 is 1.62 bits per heavy atom. The van der Waals surface area contributed by atoms with Crippen LogP contribution in [0, 0.1) is 0 Å². The Hall–Kier alpha value is -3.31. The van der Waals surface area contributed by atoms with Crippen LogP contribution in [-0.2, 0) is 11.2 Å². The molecule has 1 aliphatic heterocycles. The summed E-state index contributed by atoms with van der Waals surface area (Å²) in [6, 6.07) is 25.0. The predicted octanol–water partition coefficient (Wildman–Crippen LogP) is 5.51. The van der Waals surface area contributed by atoms with Crippen LogP contribution < -0.4 is 14.8 Å². The average molecular weight is 432 g/mol. The van der Waals surface area contributed by atoms with Gasteiger partial charge >= 0.3 is 0 Å². The van der Waals surface area contributed by atoms with E-state index >= 15 is 0 Å². The van der Waals surface area contributed by atoms with Gasteiger partial charge in [-0.05, 0) is 79.8 Å². The number of nitrogens with one attached hydrogen (secondary N) is 1. The number of hydrogen-bond acceptors (Lipinski definition) is 4. The van der Waals surface area contributed by atoms with E-state index in [1.807, 2.05) is 42.5 Å². The van der Waals surface area contributed by atoms with Crippen molar-refractivity contribution >= 4 is 11.6 Å². The van der Waals surface area contributed by atoms with Crippen molar-refractivity contribution in [2.45, 2.75) is 31.8 Å². The molecule has 1 amide bonds. The molecule has 1 fully saturated rings. The Bertz CT molecular complexity index is 965. The van der Waals surface area contributed by atoms with Crippen LogP contribution in [-0.4, -0.2) is 31.8 Å². The Balaban J connectivity index is 1.20. The van der Waals surface area contributed by atoms with Gasteiger partial charge < -0.3 is 19.5 Å². The second kappa shape index (κ2) is 11.3. The third-order valence-corrected chi connectivity index (χ3v) is 5.41. The van der Waals surface area contributed by atoms with E-state index in [-0.39, 0.29) is 12.0 Å². The van der Waals surface area contributed by atoms with Crippen molar-refractivity contribution in [1.82, 2.24) is 0 Å². The van der Waals surface area contributed by atoms with E-state index in [9.17, 15) is 4.79 Å². The monoisotopic (exact) mass is 431 g/mol. The van der Waals surface area contributed by atoms with Gasteiger partial charge in [-0.25, -0.2) is 0 Å². The van der Waals surface area contributed by atoms with E-state index in [0.29, 0.717) is 18.8 Å². The number of hydrogen-bond donors (Lipinski definition) is 1. The van der Waals surface area contributed by atoms with Crippen molar-refractivity contribution in [1.29, 1.82) is 0 Å². The molecule has 1 saturated heterocycles. The summed E-state index contributed by atoms with van der Waals surface area (Å²) in [7, 11) is 0. The second-order valence-electron chi connectivity index (χ2n) is 7.89. The van der Waals surface area contributed by atoms with Crippen LogP contribution in [0.25, 0.3) is 0 Å². The fourth-order valence-corrected chi connectivity index (χ4v) is 3.62. The first-order valence-corrected chi connectivity index (χ1v) is 11.2. The van der Waals surface area contributed by atoms with Crippen LogP contribution in [0.5, 0.6) is 11.5 Å². The summed E-state index contributed by atoms with van der Waals surface area (Å²) >= 11 is 0. The zero-order chi connectivity index (χ0) is 22.0. The highest BCUT2D eigenvalue weighted by Gasteiger charge is 2.16. The highest BCUT2D eigenvalue weighted by Crippen LogP contribution is 2.19. The normalized spacial score (nSPS) is 15.3. The van der Waals surface area contributed by atoms with Gasteiger partial charge in [0.25, 0.3) is 5.91 Å². The Labute approximate surface area is 189 Å². The maximum absolute atomic E-state index is 12.5. The maximum atomic E-state index is 12.5. The molecular formula is C27H29NO4. The van der Waals surface area contributed by atoms with E-state index in [1.165, 1.54) is 5.56 Å². The van der Waals surface area contributed by atoms with Crippen LogP contribution in [0.2, 0.25) is 0 Å². The lowest BCUT2D eigenvalue weighted by Crippen LogP contribution is -2.16. The lowest BCUT2D eigenvalue weighted by molar-refractivity contribution is 0.0679. The number of aryl methyl sites for hydroxylation is 1. The van der Waals surface area contributed by atoms with Crippen molar-refractivity contribution in [3.63, 3.8) is 0 Å². The topological polar surface area (TPSA) is 56.8 Å². The molecule has 1 aliphatic rings. The molecule has 1 heterocycles. The highest BCUT2D eigenvalue weighted by atomic mass is 16.5. The first-order chi connectivity index (χ1) is 15.8. The van der Waals surface area contributed by atoms with Crippen LogP contribution in [0.15, 0.2) is 78.9 Å². The number of amides is 1. The smallest absolute Gasteiger partial charge is 0.255 e. The van der Waals surface area contributed by atoms with E-state index in [4.69, 9.17) is 14.2 Å². The minimum absolute atomic E-state index is 0.160. The SMILES string of the molecule is O=C(Nc1ccc(OCCCc2ccccc2)cc1)c1ccc(OCC2CCCO2)cc1. The molecule has 5 heteroatoms. The number of ether oxygens (including phenoxy) is 3. The quantitative estimate of drug-likeness (QED) is 0.430. The van der Waals surface area contributed by atoms with Crippen molar-refractivity contribution in [3.05, 3.63) is 90.0 Å². The van der Waals surface area contributed by atoms with Crippen molar-refractivity contribution in [2.24, 2.45) is 0 Å². The van der Waals surface area contributed by atoms with Gasteiger partial charge in [-0.15, -0.1) is 0 Å². The molecule has 1 N–H and O–H groups in total. The summed E-state index contributed by atoms with van der Waals surface area (Å²) < 4.78 is 17.1. The molecule has 1 unspecified atom stereocenters. The van der Waals surface area contributed by atoms with Gasteiger partial charge in [0.05, 0.1) is 12.7 Å². The van der Waals surface area contributed by atoms with Crippen molar-refractivity contribution in [3.8, 4) is 11.5 Å². The third-order valence-electron chi connectivity index (χ3n) is 5.41. The van der Waals surface area contributed by atoms with Crippen LogP contribution >= 0.6 is 0 Å².